The Bertz CT molecular complexity index is 719. The van der Waals surface area contributed by atoms with E-state index in [0.717, 1.165) is 0 Å². The molecule has 1 heterocycles. The zero-order chi connectivity index (χ0) is 16.1. The summed E-state index contributed by atoms with van der Waals surface area (Å²) in [5.41, 5.74) is 5.81. The van der Waals surface area contributed by atoms with Crippen LogP contribution >= 0.6 is 0 Å². The monoisotopic (exact) mass is 302 g/mol. The number of amides is 1. The number of rotatable bonds is 5. The zero-order valence-electron chi connectivity index (χ0n) is 11.7. The Kier molecular flexibility index (Phi) is 4.47. The first kappa shape index (κ1) is 15.2. The molecule has 0 radical (unpaired) electrons. The van der Waals surface area contributed by atoms with E-state index in [1.807, 2.05) is 0 Å². The van der Waals surface area contributed by atoms with Crippen LogP contribution in [0.5, 0.6) is 0 Å². The number of carbonyl (C=O) groups is 1. The van der Waals surface area contributed by atoms with Gasteiger partial charge < -0.3 is 16.4 Å². The molecule has 9 heteroatoms. The van der Waals surface area contributed by atoms with Crippen LogP contribution in [0.1, 0.15) is 16.2 Å². The van der Waals surface area contributed by atoms with E-state index in [2.05, 4.69) is 20.6 Å². The number of nitrogens with two attached hydrogens (primary N) is 1. The van der Waals surface area contributed by atoms with Crippen molar-refractivity contribution in [3.05, 3.63) is 52.0 Å². The number of aromatic nitrogens is 2. The lowest BCUT2D eigenvalue weighted by atomic mass is 10.1. The summed E-state index contributed by atoms with van der Waals surface area (Å²) < 4.78 is 0. The highest BCUT2D eigenvalue weighted by Crippen LogP contribution is 2.26. The van der Waals surface area contributed by atoms with Crippen molar-refractivity contribution >= 4 is 23.1 Å². The van der Waals surface area contributed by atoms with Crippen molar-refractivity contribution in [1.29, 1.82) is 0 Å². The third-order valence-electron chi connectivity index (χ3n) is 2.85. The number of nitro benzene ring substituents is 1. The Hall–Kier alpha value is -3.23. The molecule has 9 nitrogen and oxygen atoms in total. The van der Waals surface area contributed by atoms with Gasteiger partial charge in [0.15, 0.2) is 0 Å². The van der Waals surface area contributed by atoms with Gasteiger partial charge in [0.05, 0.1) is 11.5 Å². The number of anilines is 2. The predicted molar refractivity (Wildman–Crippen MR) is 80.3 cm³/mol. The van der Waals surface area contributed by atoms with Crippen LogP contribution in [0, 0.1) is 10.1 Å². The minimum atomic E-state index is -0.561. The summed E-state index contributed by atoms with van der Waals surface area (Å²) in [6.07, 6.45) is 1.50. The van der Waals surface area contributed by atoms with Crippen molar-refractivity contribution < 1.29 is 9.72 Å². The van der Waals surface area contributed by atoms with E-state index in [1.54, 1.807) is 6.07 Å². The number of nitrogen functional groups attached to an aromatic ring is 1. The van der Waals surface area contributed by atoms with Gasteiger partial charge >= 0.3 is 0 Å². The molecule has 0 bridgehead atoms. The van der Waals surface area contributed by atoms with Crippen LogP contribution in [-0.2, 0) is 6.54 Å². The minimum absolute atomic E-state index is 0.172. The molecule has 0 aliphatic carbocycles. The van der Waals surface area contributed by atoms with Gasteiger partial charge in [-0.3, -0.25) is 14.9 Å². The first-order chi connectivity index (χ1) is 10.5. The Morgan fingerprint density at radius 3 is 2.82 bits per heavy atom. The molecule has 1 aromatic carbocycles. The van der Waals surface area contributed by atoms with Crippen LogP contribution in [0.3, 0.4) is 0 Å². The summed E-state index contributed by atoms with van der Waals surface area (Å²) in [5, 5.41) is 16.4. The van der Waals surface area contributed by atoms with Crippen LogP contribution in [0.15, 0.2) is 30.5 Å². The quantitative estimate of drug-likeness (QED) is 0.552. The van der Waals surface area contributed by atoms with Gasteiger partial charge in [-0.05, 0) is 18.2 Å². The van der Waals surface area contributed by atoms with E-state index < -0.39 is 10.8 Å². The molecule has 114 valence electrons. The molecule has 0 aliphatic heterocycles. The minimum Gasteiger partial charge on any atom is -0.384 e. The standard InChI is InChI=1S/C13H14N6O3/c1-15-13(20)8-2-3-9(10(6-8)19(21)22)17-7-12-16-5-4-11(14)18-12/h2-6,17H,7H2,1H3,(H,15,20)(H2,14,16,18). The largest absolute Gasteiger partial charge is 0.384 e. The summed E-state index contributed by atoms with van der Waals surface area (Å²) in [4.78, 5) is 30.1. The summed E-state index contributed by atoms with van der Waals surface area (Å²) >= 11 is 0. The van der Waals surface area contributed by atoms with E-state index in [9.17, 15) is 14.9 Å². The molecule has 0 saturated heterocycles. The average Bonchev–Trinajstić information content (AvgIpc) is 2.52. The Morgan fingerprint density at radius 2 is 2.18 bits per heavy atom. The zero-order valence-corrected chi connectivity index (χ0v) is 11.7. The van der Waals surface area contributed by atoms with Gasteiger partial charge in [-0.2, -0.15) is 0 Å². The van der Waals surface area contributed by atoms with E-state index in [1.165, 1.54) is 31.4 Å². The second-order valence-corrected chi connectivity index (χ2v) is 4.32. The van der Waals surface area contributed by atoms with Crippen molar-refractivity contribution in [3.8, 4) is 0 Å². The summed E-state index contributed by atoms with van der Waals surface area (Å²) in [7, 11) is 1.46. The van der Waals surface area contributed by atoms with Crippen molar-refractivity contribution in [2.45, 2.75) is 6.54 Å². The Labute approximate surface area is 125 Å². The highest BCUT2D eigenvalue weighted by atomic mass is 16.6. The van der Waals surface area contributed by atoms with Gasteiger partial charge in [0.2, 0.25) is 0 Å². The number of hydrogen-bond acceptors (Lipinski definition) is 7. The maximum absolute atomic E-state index is 11.5. The maximum Gasteiger partial charge on any atom is 0.293 e. The van der Waals surface area contributed by atoms with E-state index >= 15 is 0 Å². The molecule has 22 heavy (non-hydrogen) atoms. The topological polar surface area (TPSA) is 136 Å². The molecular weight excluding hydrogens is 288 g/mol. The maximum atomic E-state index is 11.5. The molecule has 2 aromatic rings. The van der Waals surface area contributed by atoms with Crippen molar-refractivity contribution in [3.63, 3.8) is 0 Å². The average molecular weight is 302 g/mol. The lowest BCUT2D eigenvalue weighted by Gasteiger charge is -2.08. The van der Waals surface area contributed by atoms with Gasteiger partial charge in [0, 0.05) is 24.9 Å². The Morgan fingerprint density at radius 1 is 1.41 bits per heavy atom. The molecule has 2 rings (SSSR count). The van der Waals surface area contributed by atoms with Crippen molar-refractivity contribution in [1.82, 2.24) is 15.3 Å². The normalized spacial score (nSPS) is 10.0. The number of benzene rings is 1. The Balaban J connectivity index is 2.23. The first-order valence-electron chi connectivity index (χ1n) is 6.33. The second-order valence-electron chi connectivity index (χ2n) is 4.32. The smallest absolute Gasteiger partial charge is 0.293 e. The molecule has 0 aliphatic rings. The number of nitro groups is 1. The van der Waals surface area contributed by atoms with E-state index in [-0.39, 0.29) is 23.5 Å². The SMILES string of the molecule is CNC(=O)c1ccc(NCc2nccc(N)n2)c([N+](=O)[O-])c1. The molecule has 0 fully saturated rings. The van der Waals surface area contributed by atoms with E-state index in [0.29, 0.717) is 11.6 Å². The number of hydrogen-bond donors (Lipinski definition) is 3. The summed E-state index contributed by atoms with van der Waals surface area (Å²) in [6, 6.07) is 5.72. The molecule has 1 amide bonds. The highest BCUT2D eigenvalue weighted by molar-refractivity contribution is 5.95. The summed E-state index contributed by atoms with van der Waals surface area (Å²) in [5.74, 6) is 0.328. The predicted octanol–water partition coefficient (Wildman–Crippen LogP) is 0.939. The lowest BCUT2D eigenvalue weighted by molar-refractivity contribution is -0.384. The molecule has 0 saturated carbocycles. The van der Waals surface area contributed by atoms with Gasteiger partial charge in [-0.15, -0.1) is 0 Å². The fraction of sp³-hybridized carbons (Fsp3) is 0.154. The number of nitrogens with zero attached hydrogens (tertiary/aromatic N) is 3. The molecule has 0 unspecified atom stereocenters. The molecular formula is C13H14N6O3. The van der Waals surface area contributed by atoms with Gasteiger partial charge in [0.1, 0.15) is 17.3 Å². The molecule has 1 aromatic heterocycles. The van der Waals surface area contributed by atoms with Crippen LogP contribution in [-0.4, -0.2) is 27.8 Å². The van der Waals surface area contributed by atoms with Crippen LogP contribution in [0.4, 0.5) is 17.2 Å². The first-order valence-corrected chi connectivity index (χ1v) is 6.33. The fourth-order valence-electron chi connectivity index (χ4n) is 1.79. The van der Waals surface area contributed by atoms with E-state index in [4.69, 9.17) is 5.73 Å². The van der Waals surface area contributed by atoms with Gasteiger partial charge in [-0.25, -0.2) is 9.97 Å². The van der Waals surface area contributed by atoms with Crippen molar-refractivity contribution in [2.75, 3.05) is 18.1 Å². The highest BCUT2D eigenvalue weighted by Gasteiger charge is 2.17. The van der Waals surface area contributed by atoms with Gasteiger partial charge in [-0.1, -0.05) is 0 Å². The molecule has 4 N–H and O–H groups in total. The van der Waals surface area contributed by atoms with Gasteiger partial charge in [0.25, 0.3) is 11.6 Å². The molecule has 0 spiro atoms. The van der Waals surface area contributed by atoms with Crippen molar-refractivity contribution in [2.24, 2.45) is 0 Å². The lowest BCUT2D eigenvalue weighted by Crippen LogP contribution is -2.18. The third kappa shape index (κ3) is 3.45. The van der Waals surface area contributed by atoms with Crippen LogP contribution in [0.2, 0.25) is 0 Å². The fourth-order valence-corrected chi connectivity index (χ4v) is 1.79. The summed E-state index contributed by atoms with van der Waals surface area (Å²) in [6.45, 7) is 0.172. The number of nitrogens with one attached hydrogen (secondary N) is 2. The van der Waals surface area contributed by atoms with Crippen LogP contribution < -0.4 is 16.4 Å². The second kappa shape index (κ2) is 6.48. The van der Waals surface area contributed by atoms with Crippen LogP contribution in [0.25, 0.3) is 0 Å². The molecule has 0 atom stereocenters. The third-order valence-corrected chi connectivity index (χ3v) is 2.85. The number of carbonyl (C=O) groups excluding carboxylic acids is 1.